The van der Waals surface area contributed by atoms with Gasteiger partial charge in [0, 0.05) is 17.6 Å². The minimum Gasteiger partial charge on any atom is -0.504 e. The summed E-state index contributed by atoms with van der Waals surface area (Å²) in [5.74, 6) is -0.201. The summed E-state index contributed by atoms with van der Waals surface area (Å²) in [5.41, 5.74) is 2.06. The number of hydrogen-bond acceptors (Lipinski definition) is 3. The lowest BCUT2D eigenvalue weighted by Crippen LogP contribution is -2.17. The second-order valence-electron chi connectivity index (χ2n) is 4.48. The van der Waals surface area contributed by atoms with Crippen molar-refractivity contribution in [1.82, 2.24) is 5.32 Å². The van der Waals surface area contributed by atoms with Gasteiger partial charge in [-0.3, -0.25) is 0 Å². The molecule has 0 saturated heterocycles. The van der Waals surface area contributed by atoms with Crippen molar-refractivity contribution in [3.8, 4) is 11.5 Å². The van der Waals surface area contributed by atoms with Crippen LogP contribution in [0.25, 0.3) is 0 Å². The van der Waals surface area contributed by atoms with Gasteiger partial charge in [0.2, 0.25) is 0 Å². The minimum atomic E-state index is -0.102. The predicted octanol–water partition coefficient (Wildman–Crippen LogP) is 3.60. The standard InChI is InChI=1S/C15H16ClNO2/c1-10(12-3-5-13(16)6-4-12)17-9-11-2-7-14(18)15(19)8-11/h2-8,10,17-19H,9H2,1H3/t10-/m1/s1. The Morgan fingerprint density at radius 3 is 2.37 bits per heavy atom. The van der Waals surface area contributed by atoms with Crippen molar-refractivity contribution in [2.45, 2.75) is 19.5 Å². The first kappa shape index (κ1) is 13.7. The Kier molecular flexibility index (Phi) is 4.30. The van der Waals surface area contributed by atoms with Gasteiger partial charge in [-0.1, -0.05) is 29.8 Å². The monoisotopic (exact) mass is 277 g/mol. The summed E-state index contributed by atoms with van der Waals surface area (Å²) in [4.78, 5) is 0. The molecule has 0 amide bonds. The molecule has 4 heteroatoms. The van der Waals surface area contributed by atoms with Gasteiger partial charge in [0.25, 0.3) is 0 Å². The van der Waals surface area contributed by atoms with E-state index in [2.05, 4.69) is 12.2 Å². The summed E-state index contributed by atoms with van der Waals surface area (Å²) in [6.45, 7) is 2.67. The van der Waals surface area contributed by atoms with Crippen LogP contribution in [-0.4, -0.2) is 10.2 Å². The van der Waals surface area contributed by atoms with E-state index in [9.17, 15) is 10.2 Å². The van der Waals surface area contributed by atoms with E-state index in [0.717, 1.165) is 16.1 Å². The molecule has 3 N–H and O–H groups in total. The molecule has 100 valence electrons. The van der Waals surface area contributed by atoms with Crippen LogP contribution in [0.3, 0.4) is 0 Å². The summed E-state index contributed by atoms with van der Waals surface area (Å²) in [5, 5.41) is 22.7. The molecule has 2 rings (SSSR count). The molecule has 0 heterocycles. The average Bonchev–Trinajstić information content (AvgIpc) is 2.40. The summed E-state index contributed by atoms with van der Waals surface area (Å²) < 4.78 is 0. The van der Waals surface area contributed by atoms with E-state index in [1.54, 1.807) is 12.1 Å². The van der Waals surface area contributed by atoms with Gasteiger partial charge in [-0.15, -0.1) is 0 Å². The van der Waals surface area contributed by atoms with Crippen molar-refractivity contribution in [2.24, 2.45) is 0 Å². The van der Waals surface area contributed by atoms with Crippen molar-refractivity contribution in [2.75, 3.05) is 0 Å². The van der Waals surface area contributed by atoms with Crippen molar-refractivity contribution in [1.29, 1.82) is 0 Å². The van der Waals surface area contributed by atoms with Crippen molar-refractivity contribution >= 4 is 11.6 Å². The Hall–Kier alpha value is -1.71. The molecule has 0 fully saturated rings. The highest BCUT2D eigenvalue weighted by Crippen LogP contribution is 2.25. The molecule has 0 aromatic heterocycles. The zero-order valence-corrected chi connectivity index (χ0v) is 11.4. The Balaban J connectivity index is 1.98. The third-order valence-corrected chi connectivity index (χ3v) is 3.27. The number of aromatic hydroxyl groups is 2. The van der Waals surface area contributed by atoms with E-state index in [0.29, 0.717) is 6.54 Å². The highest BCUT2D eigenvalue weighted by atomic mass is 35.5. The topological polar surface area (TPSA) is 52.5 Å². The SMILES string of the molecule is C[C@@H](NCc1ccc(O)c(O)c1)c1ccc(Cl)cc1. The van der Waals surface area contributed by atoms with E-state index in [1.165, 1.54) is 6.07 Å². The summed E-state index contributed by atoms with van der Waals surface area (Å²) in [6.07, 6.45) is 0. The van der Waals surface area contributed by atoms with Crippen molar-refractivity contribution in [3.05, 3.63) is 58.6 Å². The van der Waals surface area contributed by atoms with Crippen LogP contribution in [0.1, 0.15) is 24.1 Å². The van der Waals surface area contributed by atoms with Crippen molar-refractivity contribution in [3.63, 3.8) is 0 Å². The van der Waals surface area contributed by atoms with Gasteiger partial charge in [0.05, 0.1) is 0 Å². The van der Waals surface area contributed by atoms with Gasteiger partial charge >= 0.3 is 0 Å². The number of phenolic OH excluding ortho intramolecular Hbond substituents is 2. The Labute approximate surface area is 117 Å². The van der Waals surface area contributed by atoms with Crippen LogP contribution < -0.4 is 5.32 Å². The Morgan fingerprint density at radius 2 is 1.74 bits per heavy atom. The third-order valence-electron chi connectivity index (χ3n) is 3.02. The van der Waals surface area contributed by atoms with Crippen LogP contribution in [0, 0.1) is 0 Å². The first-order valence-electron chi connectivity index (χ1n) is 6.06. The fourth-order valence-electron chi connectivity index (χ4n) is 1.82. The number of nitrogens with one attached hydrogen (secondary N) is 1. The van der Waals surface area contributed by atoms with Crippen LogP contribution in [0.15, 0.2) is 42.5 Å². The Morgan fingerprint density at radius 1 is 1.05 bits per heavy atom. The quantitative estimate of drug-likeness (QED) is 0.749. The van der Waals surface area contributed by atoms with E-state index >= 15 is 0 Å². The molecule has 0 aliphatic carbocycles. The largest absolute Gasteiger partial charge is 0.504 e. The summed E-state index contributed by atoms with van der Waals surface area (Å²) in [7, 11) is 0. The summed E-state index contributed by atoms with van der Waals surface area (Å²) >= 11 is 5.85. The van der Waals surface area contributed by atoms with Gasteiger partial charge in [-0.05, 0) is 42.3 Å². The molecule has 0 unspecified atom stereocenters. The van der Waals surface area contributed by atoms with Gasteiger partial charge in [-0.25, -0.2) is 0 Å². The number of rotatable bonds is 4. The first-order chi connectivity index (χ1) is 9.06. The lowest BCUT2D eigenvalue weighted by molar-refractivity contribution is 0.402. The molecule has 0 aliphatic rings. The highest BCUT2D eigenvalue weighted by molar-refractivity contribution is 6.30. The van der Waals surface area contributed by atoms with Crippen LogP contribution in [0.4, 0.5) is 0 Å². The van der Waals surface area contributed by atoms with Crippen LogP contribution in [0.2, 0.25) is 5.02 Å². The van der Waals surface area contributed by atoms with Crippen molar-refractivity contribution < 1.29 is 10.2 Å². The second kappa shape index (κ2) is 5.95. The lowest BCUT2D eigenvalue weighted by atomic mass is 10.1. The fourth-order valence-corrected chi connectivity index (χ4v) is 1.95. The third kappa shape index (κ3) is 3.63. The average molecular weight is 278 g/mol. The maximum atomic E-state index is 9.42. The molecule has 1 atom stereocenters. The van der Waals surface area contributed by atoms with Gasteiger partial charge in [0.15, 0.2) is 11.5 Å². The summed E-state index contributed by atoms with van der Waals surface area (Å²) in [6, 6.07) is 12.7. The van der Waals surface area contributed by atoms with E-state index in [-0.39, 0.29) is 17.5 Å². The predicted molar refractivity (Wildman–Crippen MR) is 76.5 cm³/mol. The van der Waals surface area contributed by atoms with E-state index in [1.807, 2.05) is 24.3 Å². The first-order valence-corrected chi connectivity index (χ1v) is 6.44. The molecule has 2 aromatic carbocycles. The maximum absolute atomic E-state index is 9.42. The van der Waals surface area contributed by atoms with E-state index < -0.39 is 0 Å². The number of halogens is 1. The smallest absolute Gasteiger partial charge is 0.157 e. The maximum Gasteiger partial charge on any atom is 0.157 e. The lowest BCUT2D eigenvalue weighted by Gasteiger charge is -2.14. The second-order valence-corrected chi connectivity index (χ2v) is 4.91. The molecular weight excluding hydrogens is 262 g/mol. The van der Waals surface area contributed by atoms with Crippen LogP contribution in [0.5, 0.6) is 11.5 Å². The molecule has 0 saturated carbocycles. The molecule has 0 aliphatic heterocycles. The molecule has 0 spiro atoms. The zero-order valence-electron chi connectivity index (χ0n) is 10.6. The van der Waals surface area contributed by atoms with Gasteiger partial charge in [-0.2, -0.15) is 0 Å². The van der Waals surface area contributed by atoms with Gasteiger partial charge < -0.3 is 15.5 Å². The molecule has 3 nitrogen and oxygen atoms in total. The zero-order chi connectivity index (χ0) is 13.8. The van der Waals surface area contributed by atoms with Crippen LogP contribution in [-0.2, 0) is 6.54 Å². The molecular formula is C15H16ClNO2. The highest BCUT2D eigenvalue weighted by Gasteiger charge is 2.06. The van der Waals surface area contributed by atoms with E-state index in [4.69, 9.17) is 11.6 Å². The number of benzene rings is 2. The molecule has 0 radical (unpaired) electrons. The molecule has 19 heavy (non-hydrogen) atoms. The minimum absolute atomic E-state index is 0.0987. The molecule has 0 bridgehead atoms. The molecule has 2 aromatic rings. The number of hydrogen-bond donors (Lipinski definition) is 3. The normalized spacial score (nSPS) is 12.3. The van der Waals surface area contributed by atoms with Gasteiger partial charge in [0.1, 0.15) is 0 Å². The van der Waals surface area contributed by atoms with Crippen LogP contribution >= 0.6 is 11.6 Å². The number of phenols is 2. The fraction of sp³-hybridized carbons (Fsp3) is 0.200. The Bertz CT molecular complexity index is 555.